The summed E-state index contributed by atoms with van der Waals surface area (Å²) >= 11 is 1.41. The van der Waals surface area contributed by atoms with Crippen LogP contribution in [0.15, 0.2) is 147 Å². The molecule has 12 aromatic rings. The third-order valence-electron chi connectivity index (χ3n) is 22.7. The molecule has 2 amide bonds. The van der Waals surface area contributed by atoms with Gasteiger partial charge >= 0.3 is 12.2 Å². The highest BCUT2D eigenvalue weighted by Gasteiger charge is 2.52. The molecule has 32 heteroatoms. The highest BCUT2D eigenvalue weighted by Crippen LogP contribution is 2.55. The van der Waals surface area contributed by atoms with E-state index in [1.54, 1.807) is 129 Å². The van der Waals surface area contributed by atoms with Crippen molar-refractivity contribution in [1.29, 1.82) is 0 Å². The Morgan fingerprint density at radius 3 is 1.21 bits per heavy atom. The van der Waals surface area contributed by atoms with Crippen LogP contribution in [-0.4, -0.2) is 147 Å². The molecule has 121 heavy (non-hydrogen) atoms. The van der Waals surface area contributed by atoms with Crippen LogP contribution < -0.4 is 38.4 Å². The summed E-state index contributed by atoms with van der Waals surface area (Å²) < 4.78 is 20.9. The van der Waals surface area contributed by atoms with Crippen molar-refractivity contribution in [3.05, 3.63) is 209 Å². The number of amides is 2. The van der Waals surface area contributed by atoms with Gasteiger partial charge in [-0.25, -0.2) is 72.6 Å². The first-order chi connectivity index (χ1) is 57.2. The molecule has 8 N–H and O–H groups in total. The van der Waals surface area contributed by atoms with Crippen LogP contribution in [0, 0.1) is 0 Å². The number of benzene rings is 3. The molecule has 3 spiro atoms. The van der Waals surface area contributed by atoms with Gasteiger partial charge in [0.15, 0.2) is 39.6 Å². The molecule has 3 saturated carbocycles. The number of ether oxygens (including phenoxy) is 2. The number of pyridine rings is 3. The van der Waals surface area contributed by atoms with Gasteiger partial charge in [-0.15, -0.1) is 0 Å². The first kappa shape index (κ1) is 84.3. The van der Waals surface area contributed by atoms with E-state index < -0.39 is 28.0 Å². The topological polar surface area (TPSA) is 379 Å². The van der Waals surface area contributed by atoms with Gasteiger partial charge in [0, 0.05) is 111 Å². The molecule has 3 aromatic carbocycles. The number of nitrogens with zero attached hydrogens (tertiary/aromatic N) is 17. The molecule has 3 aliphatic carbocycles. The van der Waals surface area contributed by atoms with Crippen LogP contribution in [0.3, 0.4) is 0 Å². The Morgan fingerprint density at radius 1 is 0.479 bits per heavy atom. The van der Waals surface area contributed by atoms with E-state index in [-0.39, 0.29) is 39.7 Å². The Hall–Kier alpha value is -11.7. The molecule has 0 saturated heterocycles. The number of fused-ring (bicyclic) bond motifs is 9. The van der Waals surface area contributed by atoms with E-state index in [0.717, 1.165) is 67.9 Å². The largest absolute Gasteiger partial charge is 0.444 e. The lowest BCUT2D eigenvalue weighted by Crippen LogP contribution is -2.44. The molecule has 0 bridgehead atoms. The van der Waals surface area contributed by atoms with Crippen LogP contribution in [0.2, 0.25) is 0 Å². The van der Waals surface area contributed by atoms with Crippen LogP contribution in [0.25, 0.3) is 50.6 Å². The van der Waals surface area contributed by atoms with Crippen molar-refractivity contribution in [2.45, 2.75) is 231 Å². The van der Waals surface area contributed by atoms with E-state index >= 15 is 0 Å². The molecular weight excluding hydrogens is 1560 g/mol. The van der Waals surface area contributed by atoms with Crippen molar-refractivity contribution in [1.82, 2.24) is 88.1 Å². The Labute approximate surface area is 704 Å². The van der Waals surface area contributed by atoms with Gasteiger partial charge in [-0.1, -0.05) is 48.2 Å². The number of nitrogens with two attached hydrogens (primary N) is 1. The van der Waals surface area contributed by atoms with Crippen LogP contribution in [0.5, 0.6) is 0 Å². The number of aliphatic hydroxyl groups is 3. The first-order valence-corrected chi connectivity index (χ1v) is 42.4. The molecule has 12 heterocycles. The van der Waals surface area contributed by atoms with E-state index in [4.69, 9.17) is 25.2 Å². The van der Waals surface area contributed by atoms with E-state index in [9.17, 15) is 39.3 Å². The molecular formula is C89H107N21O10S. The first-order valence-electron chi connectivity index (χ1n) is 41.2. The number of thioether (sulfide) groups is 1. The molecule has 18 rings (SSSR count). The van der Waals surface area contributed by atoms with Crippen LogP contribution in [0.4, 0.5) is 38.5 Å². The molecule has 9 aromatic heterocycles. The minimum absolute atomic E-state index is 0.0117. The van der Waals surface area contributed by atoms with Crippen molar-refractivity contribution >= 4 is 86.0 Å². The van der Waals surface area contributed by atoms with E-state index in [2.05, 4.69) is 81.2 Å². The van der Waals surface area contributed by atoms with Crippen molar-refractivity contribution in [3.63, 3.8) is 0 Å². The molecule has 6 aliphatic rings. The summed E-state index contributed by atoms with van der Waals surface area (Å²) in [5, 5.41) is 43.2. The number of anilines is 5. The minimum Gasteiger partial charge on any atom is -0.444 e. The van der Waals surface area contributed by atoms with E-state index in [1.165, 1.54) is 58.6 Å². The molecule has 634 valence electrons. The third-order valence-corrected chi connectivity index (χ3v) is 23.3. The zero-order valence-electron chi connectivity index (χ0n) is 71.5. The van der Waals surface area contributed by atoms with Gasteiger partial charge in [-0.05, 0) is 255 Å². The SMILES string of the molecule is CC(C)(C)OC(=O)N1Cc2cc(N)ccc2C2(CC2)C1.CCn1c(=O)c2cnc(Nc3ccc4c(c3)CN(C(=O)OC(C)(C)C)CC43CC3)nc2n1-c1cccc(C(C)(C)O)n1.CCn1c(=O)c2cnc(Nc3ccc4c(c3)CNCC43CC3)nc2n1-c1cccc(C(C)(C)O)n1.CCn1c(=O)c2cnc(SC)nc2n1-c1cccc(C(C)(C)O)n1. The Bertz CT molecular complexity index is 6210. The van der Waals surface area contributed by atoms with E-state index in [1.807, 2.05) is 110 Å². The maximum atomic E-state index is 13.2. The Morgan fingerprint density at radius 2 is 0.843 bits per heavy atom. The molecule has 0 unspecified atom stereocenters. The van der Waals surface area contributed by atoms with Gasteiger partial charge in [0.05, 0.1) is 17.1 Å². The second-order valence-corrected chi connectivity index (χ2v) is 36.6. The molecule has 3 fully saturated rings. The summed E-state index contributed by atoms with van der Waals surface area (Å²) in [6.45, 7) is 32.7. The van der Waals surface area contributed by atoms with Gasteiger partial charge in [0.25, 0.3) is 16.7 Å². The Balaban J connectivity index is 0.000000130. The summed E-state index contributed by atoms with van der Waals surface area (Å²) in [4.78, 5) is 109. The number of aromatic nitrogens is 15. The van der Waals surface area contributed by atoms with Gasteiger partial charge < -0.3 is 56.3 Å². The summed E-state index contributed by atoms with van der Waals surface area (Å²) in [5.41, 5.74) is 14.4. The predicted octanol–water partition coefficient (Wildman–Crippen LogP) is 12.9. The maximum absolute atomic E-state index is 13.2. The fourth-order valence-electron chi connectivity index (χ4n) is 16.3. The molecule has 0 atom stereocenters. The number of hydrogen-bond donors (Lipinski definition) is 7. The van der Waals surface area contributed by atoms with Gasteiger partial charge in [0.2, 0.25) is 11.9 Å². The van der Waals surface area contributed by atoms with Crippen molar-refractivity contribution < 1.29 is 34.4 Å². The average molecular weight is 1660 g/mol. The maximum Gasteiger partial charge on any atom is 0.410 e. The summed E-state index contributed by atoms with van der Waals surface area (Å²) in [7, 11) is 0. The molecule has 0 radical (unpaired) electrons. The van der Waals surface area contributed by atoms with Gasteiger partial charge in [-0.2, -0.15) is 9.97 Å². The van der Waals surface area contributed by atoms with E-state index in [0.29, 0.717) is 129 Å². The summed E-state index contributed by atoms with van der Waals surface area (Å²) in [6, 6.07) is 34.8. The lowest BCUT2D eigenvalue weighted by Gasteiger charge is -2.36. The highest BCUT2D eigenvalue weighted by atomic mass is 32.2. The summed E-state index contributed by atoms with van der Waals surface area (Å²) in [6.07, 6.45) is 12.9. The number of carbonyl (C=O) groups excluding carboxylic acids is 2. The van der Waals surface area contributed by atoms with Gasteiger partial charge in [-0.3, -0.25) is 14.4 Å². The van der Waals surface area contributed by atoms with Crippen molar-refractivity contribution in [2.24, 2.45) is 0 Å². The standard InChI is InChI=1S/C31H37N7O4.C26H29N7O2.C16H19N5O2S.C16H22N2O2/c1-7-37-26(39)21-16-32-27(35-25(21)38(37)24-10-8-9-23(34-24)30(5,6)41)33-20-11-12-22-19(15-20)17-36(18-31(22)13-14-31)28(40)42-29(2,3)4;1-4-32-23(34)18-14-28-24(29-17-8-9-19-16(12-17)13-27-15-26(19)10-11-26)31-22(18)33(32)21-7-5-6-20(30-21)25(2,3)35;1-5-20-14(22)10-9-17-15(24-4)19-13(10)21(20)12-8-6-7-11(18-12)16(2,3)23;1-15(2,3)20-14(19)18-9-11-8-12(17)4-5-13(11)16(10-18)6-7-16/h8-12,15-16,41H,7,13-14,17-18H2,1-6H3,(H,32,33,35);5-9,12,14,27,35H,4,10-11,13,15H2,1-3H3,(H,28,29,31);6-9,23H,5H2,1-4H3;4-5,8H,6-7,9-10,17H2,1-3H3. The number of hydrogen-bond acceptors (Lipinski definition) is 24. The van der Waals surface area contributed by atoms with Crippen LogP contribution >= 0.6 is 11.8 Å². The van der Waals surface area contributed by atoms with Crippen LogP contribution in [0.1, 0.15) is 193 Å². The Kier molecular flexibility index (Phi) is 22.1. The van der Waals surface area contributed by atoms with Crippen molar-refractivity contribution in [3.8, 4) is 17.5 Å². The number of nitrogens with one attached hydrogen (secondary N) is 3. The second kappa shape index (κ2) is 31.7. The third kappa shape index (κ3) is 17.3. The van der Waals surface area contributed by atoms with Crippen molar-refractivity contribution in [2.75, 3.05) is 42.3 Å². The quantitative estimate of drug-likeness (QED) is 0.0302. The molecule has 31 nitrogen and oxygen atoms in total. The normalized spacial score (nSPS) is 16.0. The van der Waals surface area contributed by atoms with Crippen LogP contribution in [-0.2, 0) is 81.8 Å². The second-order valence-electron chi connectivity index (χ2n) is 35.8. The lowest BCUT2D eigenvalue weighted by atomic mass is 9.87. The highest BCUT2D eigenvalue weighted by molar-refractivity contribution is 7.98. The van der Waals surface area contributed by atoms with Gasteiger partial charge in [0.1, 0.15) is 44.2 Å². The summed E-state index contributed by atoms with van der Waals surface area (Å²) in [5.74, 6) is 2.25. The fraction of sp³-hybridized carbons (Fsp3) is 0.438. The number of carbonyl (C=O) groups is 2. The zero-order valence-corrected chi connectivity index (χ0v) is 72.3. The smallest absolute Gasteiger partial charge is 0.410 e. The zero-order chi connectivity index (χ0) is 86.4. The lowest BCUT2D eigenvalue weighted by molar-refractivity contribution is 0.0187. The monoisotopic (exact) mass is 1660 g/mol. The predicted molar refractivity (Wildman–Crippen MR) is 465 cm³/mol. The number of nitrogen functional groups attached to an aromatic ring is 1. The minimum atomic E-state index is -1.15. The fourth-order valence-corrected chi connectivity index (χ4v) is 16.6. The average Bonchev–Trinajstić information content (AvgIpc) is 1.58. The molecule has 3 aliphatic heterocycles. The number of rotatable bonds is 14.